The fraction of sp³-hybridized carbons (Fsp3) is 0.333. The molecule has 1 N–H and O–H groups in total. The Bertz CT molecular complexity index is 548. The molecule has 0 aliphatic rings. The Labute approximate surface area is 125 Å². The van der Waals surface area contributed by atoms with Gasteiger partial charge in [0.05, 0.1) is 0 Å². The van der Waals surface area contributed by atoms with E-state index in [-0.39, 0.29) is 12.1 Å². The second kappa shape index (κ2) is 7.32. The lowest BCUT2D eigenvalue weighted by molar-refractivity contribution is 0.436. The molecule has 2 aromatic rings. The van der Waals surface area contributed by atoms with E-state index in [4.69, 9.17) is 0 Å². The maximum Gasteiger partial charge on any atom is 0.126 e. The summed E-state index contributed by atoms with van der Waals surface area (Å²) in [6.07, 6.45) is 2.02. The molecule has 0 saturated heterocycles. The van der Waals surface area contributed by atoms with Crippen molar-refractivity contribution in [1.29, 1.82) is 0 Å². The Hall–Kier alpha value is -1.74. The van der Waals surface area contributed by atoms with Crippen LogP contribution >= 0.6 is 0 Å². The Morgan fingerprint density at radius 3 is 2.14 bits per heavy atom. The van der Waals surface area contributed by atoms with Gasteiger partial charge in [0.15, 0.2) is 0 Å². The van der Waals surface area contributed by atoms with Crippen LogP contribution in [0.1, 0.15) is 49.9 Å². The van der Waals surface area contributed by atoms with Gasteiger partial charge >= 0.3 is 0 Å². The van der Waals surface area contributed by atoms with E-state index in [0.717, 1.165) is 18.9 Å². The maximum absolute atomic E-state index is 13.3. The molecule has 2 aromatic carbocycles. The molecule has 3 heteroatoms. The number of halogens is 2. The van der Waals surface area contributed by atoms with Gasteiger partial charge in [0.2, 0.25) is 0 Å². The Morgan fingerprint density at radius 1 is 0.952 bits per heavy atom. The molecular formula is C18H21F2N. The van der Waals surface area contributed by atoms with E-state index in [1.54, 1.807) is 0 Å². The summed E-state index contributed by atoms with van der Waals surface area (Å²) >= 11 is 0. The minimum atomic E-state index is -0.537. The second-order valence-corrected chi connectivity index (χ2v) is 5.34. The van der Waals surface area contributed by atoms with Gasteiger partial charge in [0, 0.05) is 18.2 Å². The fourth-order valence-corrected chi connectivity index (χ4v) is 2.54. The molecule has 0 spiro atoms. The van der Waals surface area contributed by atoms with Gasteiger partial charge in [0.25, 0.3) is 0 Å². The van der Waals surface area contributed by atoms with E-state index in [2.05, 4.69) is 24.4 Å². The van der Waals surface area contributed by atoms with Crippen molar-refractivity contribution in [3.63, 3.8) is 0 Å². The molecule has 0 fully saturated rings. The predicted octanol–water partition coefficient (Wildman–Crippen LogP) is 5.16. The lowest BCUT2D eigenvalue weighted by Gasteiger charge is -2.24. The molecular weight excluding hydrogens is 268 g/mol. The molecule has 2 atom stereocenters. The lowest BCUT2D eigenvalue weighted by Crippen LogP contribution is -2.24. The van der Waals surface area contributed by atoms with Crippen molar-refractivity contribution < 1.29 is 8.78 Å². The van der Waals surface area contributed by atoms with Crippen LogP contribution in [0.4, 0.5) is 8.78 Å². The van der Waals surface area contributed by atoms with Gasteiger partial charge in [-0.1, -0.05) is 43.7 Å². The Balaban J connectivity index is 2.16. The summed E-state index contributed by atoms with van der Waals surface area (Å²) < 4.78 is 26.7. The summed E-state index contributed by atoms with van der Waals surface area (Å²) in [6, 6.07) is 13.9. The van der Waals surface area contributed by atoms with Gasteiger partial charge in [-0.3, -0.25) is 0 Å². The zero-order chi connectivity index (χ0) is 15.2. The summed E-state index contributed by atoms with van der Waals surface area (Å²) in [5.74, 6) is -1.07. The topological polar surface area (TPSA) is 12.0 Å². The van der Waals surface area contributed by atoms with Crippen molar-refractivity contribution in [2.45, 2.75) is 38.8 Å². The zero-order valence-corrected chi connectivity index (χ0v) is 12.4. The molecule has 0 aliphatic carbocycles. The van der Waals surface area contributed by atoms with Crippen molar-refractivity contribution in [2.24, 2.45) is 0 Å². The normalized spacial score (nSPS) is 13.9. The van der Waals surface area contributed by atoms with Crippen LogP contribution in [0, 0.1) is 11.6 Å². The molecule has 0 aromatic heterocycles. The van der Waals surface area contributed by atoms with Gasteiger partial charge < -0.3 is 5.32 Å². The average molecular weight is 289 g/mol. The molecule has 0 aliphatic heterocycles. The highest BCUT2D eigenvalue weighted by molar-refractivity contribution is 5.23. The highest BCUT2D eigenvalue weighted by Crippen LogP contribution is 2.24. The zero-order valence-electron chi connectivity index (χ0n) is 12.4. The van der Waals surface area contributed by atoms with Crippen LogP contribution in [-0.4, -0.2) is 0 Å². The van der Waals surface area contributed by atoms with E-state index >= 15 is 0 Å². The Kier molecular flexibility index (Phi) is 5.45. The van der Waals surface area contributed by atoms with Crippen LogP contribution in [0.25, 0.3) is 0 Å². The van der Waals surface area contributed by atoms with E-state index in [1.165, 1.54) is 17.7 Å². The first-order valence-electron chi connectivity index (χ1n) is 7.37. The molecule has 2 rings (SSSR count). The smallest absolute Gasteiger partial charge is 0.126 e. The SMILES string of the molecule is CCCC(NC(C)c1cc(F)cc(F)c1)c1ccccc1. The molecule has 21 heavy (non-hydrogen) atoms. The van der Waals surface area contributed by atoms with Crippen molar-refractivity contribution >= 4 is 0 Å². The second-order valence-electron chi connectivity index (χ2n) is 5.34. The van der Waals surface area contributed by atoms with Gasteiger partial charge in [-0.2, -0.15) is 0 Å². The monoisotopic (exact) mass is 289 g/mol. The van der Waals surface area contributed by atoms with Crippen molar-refractivity contribution in [2.75, 3.05) is 0 Å². The number of hydrogen-bond acceptors (Lipinski definition) is 1. The summed E-state index contributed by atoms with van der Waals surface area (Å²) in [7, 11) is 0. The minimum Gasteiger partial charge on any atom is -0.303 e. The number of nitrogens with one attached hydrogen (secondary N) is 1. The van der Waals surface area contributed by atoms with Crippen molar-refractivity contribution in [3.8, 4) is 0 Å². The van der Waals surface area contributed by atoms with Crippen LogP contribution < -0.4 is 5.32 Å². The molecule has 112 valence electrons. The third-order valence-corrected chi connectivity index (χ3v) is 3.62. The first-order valence-corrected chi connectivity index (χ1v) is 7.37. The molecule has 0 saturated carbocycles. The molecule has 0 heterocycles. The lowest BCUT2D eigenvalue weighted by atomic mass is 9.99. The van der Waals surface area contributed by atoms with E-state index in [0.29, 0.717) is 5.56 Å². The van der Waals surface area contributed by atoms with E-state index < -0.39 is 11.6 Å². The number of benzene rings is 2. The fourth-order valence-electron chi connectivity index (χ4n) is 2.54. The van der Waals surface area contributed by atoms with E-state index in [1.807, 2.05) is 25.1 Å². The summed E-state index contributed by atoms with van der Waals surface area (Å²) in [6.45, 7) is 4.06. The Morgan fingerprint density at radius 2 is 1.57 bits per heavy atom. The van der Waals surface area contributed by atoms with Crippen molar-refractivity contribution in [1.82, 2.24) is 5.32 Å². The third-order valence-electron chi connectivity index (χ3n) is 3.62. The first-order chi connectivity index (χ1) is 10.1. The van der Waals surface area contributed by atoms with Gasteiger partial charge in [-0.25, -0.2) is 8.78 Å². The minimum absolute atomic E-state index is 0.119. The highest BCUT2D eigenvalue weighted by atomic mass is 19.1. The van der Waals surface area contributed by atoms with Crippen LogP contribution in [0.5, 0.6) is 0 Å². The van der Waals surface area contributed by atoms with Crippen LogP contribution in [0.2, 0.25) is 0 Å². The number of rotatable bonds is 6. The molecule has 0 amide bonds. The first kappa shape index (κ1) is 15.6. The van der Waals surface area contributed by atoms with Crippen LogP contribution in [0.15, 0.2) is 48.5 Å². The predicted molar refractivity (Wildman–Crippen MR) is 82.0 cm³/mol. The maximum atomic E-state index is 13.3. The average Bonchev–Trinajstić information content (AvgIpc) is 2.46. The largest absolute Gasteiger partial charge is 0.303 e. The quantitative estimate of drug-likeness (QED) is 0.774. The molecule has 0 bridgehead atoms. The summed E-state index contributed by atoms with van der Waals surface area (Å²) in [5, 5.41) is 3.47. The molecule has 2 unspecified atom stereocenters. The van der Waals surface area contributed by atoms with Gasteiger partial charge in [0.1, 0.15) is 11.6 Å². The van der Waals surface area contributed by atoms with Crippen LogP contribution in [0.3, 0.4) is 0 Å². The summed E-state index contributed by atoms with van der Waals surface area (Å²) in [5.41, 5.74) is 1.83. The highest BCUT2D eigenvalue weighted by Gasteiger charge is 2.15. The van der Waals surface area contributed by atoms with Gasteiger partial charge in [-0.05, 0) is 36.6 Å². The summed E-state index contributed by atoms with van der Waals surface area (Å²) in [4.78, 5) is 0. The third kappa shape index (κ3) is 4.36. The van der Waals surface area contributed by atoms with Crippen LogP contribution in [-0.2, 0) is 0 Å². The van der Waals surface area contributed by atoms with E-state index in [9.17, 15) is 8.78 Å². The van der Waals surface area contributed by atoms with Crippen molar-refractivity contribution in [3.05, 3.63) is 71.3 Å². The number of hydrogen-bond donors (Lipinski definition) is 1. The van der Waals surface area contributed by atoms with Gasteiger partial charge in [-0.15, -0.1) is 0 Å². The standard InChI is InChI=1S/C18H21F2N/c1-3-7-18(14-8-5-4-6-9-14)21-13(2)15-10-16(19)12-17(20)11-15/h4-6,8-13,18,21H,3,7H2,1-2H3. The molecule has 1 nitrogen and oxygen atoms in total. The molecule has 0 radical (unpaired) electrons.